The van der Waals surface area contributed by atoms with Gasteiger partial charge in [0.15, 0.2) is 23.2 Å². The summed E-state index contributed by atoms with van der Waals surface area (Å²) < 4.78 is 31.2. The van der Waals surface area contributed by atoms with Gasteiger partial charge < -0.3 is 71.8 Å². The first-order valence-corrected chi connectivity index (χ1v) is 48.4. The van der Waals surface area contributed by atoms with Crippen molar-refractivity contribution in [1.29, 1.82) is 36.8 Å². The van der Waals surface area contributed by atoms with E-state index in [1.807, 2.05) is 189 Å². The lowest BCUT2D eigenvalue weighted by atomic mass is 9.95. The van der Waals surface area contributed by atoms with E-state index >= 15 is 0 Å². The van der Waals surface area contributed by atoms with Crippen LogP contribution in [0.4, 0.5) is 4.79 Å². The number of ether oxygens (including phenoxy) is 3. The molecule has 21 rings (SSSR count). The molecule has 144 heavy (non-hydrogen) atoms. The molecule has 3 N–H and O–H groups in total. The third kappa shape index (κ3) is 23.8. The summed E-state index contributed by atoms with van der Waals surface area (Å²) in [7, 11) is 11.4. The van der Waals surface area contributed by atoms with Crippen molar-refractivity contribution in [3.63, 3.8) is 0 Å². The van der Waals surface area contributed by atoms with Gasteiger partial charge in [-0.3, -0.25) is 4.79 Å². The largest absolute Gasteiger partial charge is 0.495 e. The number of rotatable bonds is 18. The Labute approximate surface area is 837 Å². The number of benzene rings is 7. The Bertz CT molecular complexity index is 6890. The number of hydrogen-bond acceptors (Lipinski definition) is 24. The molecule has 0 saturated heterocycles. The SMILES string of the molecule is CNC(=O)Oc1cc(C2CCCc3cncn32)ccc1C#N.CNC(=O)c1ncc2n1C(c1ccc(C#N)cc1)CCC2.CNCc1ncc2n1C(c1ccc(C#N)cc1)CCC2.CO/N=C/c1ncc2n1C(c1ccc(C#N)cc1)CCC2.CO/N=C/c1ncc2n1C(c1ccc(C#N)cc1)CCC2.COCc1ncc2n1C(c1ccc(C#N)cc1)CCC2.COc1cc(C2CCCc3cncn32)ccc1C#N. The molecule has 0 bridgehead atoms. The standard InChI is InChI=1S/C16H16N4O2.3C16H16N4O.C16H18N4.C16H17N3O.C15H15N3O/c1-18-16(21)22-15-7-11(5-6-12(15)8-17)14-4-2-3-13-9-19-10-20(13)14;2*1-21-19-11-16-18-10-14-3-2-4-15(20(14)16)13-7-5-12(9-17)6-8-13;1-18-16(21)15-19-10-13-3-2-4-14(20(13)15)12-7-5-11(9-17)6-8-12;1-18-11-16-19-10-14-3-2-4-15(20(14)16)13-7-5-12(9-17)6-8-13;1-20-11-16-18-10-14-3-2-4-15(19(14)16)13-7-5-12(9-17)6-8-13;1-19-15-7-11(5-6-12(15)8-16)14-4-2-3-13-9-17-10-18(13)14/h5-7,9-10,14H,2-4H2,1H3,(H,18,21);2*5-8,10-11,15H,2-4H2,1H3;5-8,10,14H,2-4H2,1H3,(H,18,21);5-8,10,15,18H,2-4,11H2,1H3;5-8,10,15H,2-4,11H2,1H3;5-7,9-10,14H,2-4H2,1H3/b;2*19-11+;;;;. The summed E-state index contributed by atoms with van der Waals surface area (Å²) in [5.74, 6) is 4.91. The van der Waals surface area contributed by atoms with Crippen molar-refractivity contribution in [1.82, 2.24) is 82.8 Å². The minimum atomic E-state index is -0.583. The molecule has 33 heteroatoms. The molecular formula is C111H114N26O7. The second-order valence-electron chi connectivity index (χ2n) is 35.5. The van der Waals surface area contributed by atoms with Crippen LogP contribution in [0, 0.1) is 79.3 Å². The molecular weight excluding hydrogens is 1810 g/mol. The van der Waals surface area contributed by atoms with Gasteiger partial charge >= 0.3 is 6.09 Å². The maximum Gasteiger partial charge on any atom is 0.412 e. The van der Waals surface area contributed by atoms with Crippen molar-refractivity contribution in [2.24, 2.45) is 10.3 Å². The summed E-state index contributed by atoms with van der Waals surface area (Å²) in [5, 5.41) is 78.6. The summed E-state index contributed by atoms with van der Waals surface area (Å²) in [6.45, 7) is 1.32. The summed E-state index contributed by atoms with van der Waals surface area (Å²) in [5.41, 5.74) is 21.1. The van der Waals surface area contributed by atoms with Crippen LogP contribution in [-0.2, 0) is 72.5 Å². The second-order valence-corrected chi connectivity index (χ2v) is 35.5. The Morgan fingerprint density at radius 1 is 0.368 bits per heavy atom. The molecule has 0 radical (unpaired) electrons. The zero-order valence-corrected chi connectivity index (χ0v) is 81.8. The van der Waals surface area contributed by atoms with Crippen molar-refractivity contribution < 1.29 is 33.5 Å². The molecule has 7 atom stereocenters. The van der Waals surface area contributed by atoms with Crippen LogP contribution in [0.5, 0.6) is 11.5 Å². The molecule has 14 heterocycles. The average molecular weight is 1920 g/mol. The number of imidazole rings is 7. The number of aryl methyl sites for hydroxylation is 7. The van der Waals surface area contributed by atoms with Crippen LogP contribution < -0.4 is 25.4 Å². The Morgan fingerprint density at radius 3 is 1.06 bits per heavy atom. The number of oxime groups is 2. The number of aromatic nitrogens is 14. The van der Waals surface area contributed by atoms with Gasteiger partial charge in [0.25, 0.3) is 5.91 Å². The number of nitrogens with one attached hydrogen (secondary N) is 3. The zero-order valence-electron chi connectivity index (χ0n) is 81.8. The van der Waals surface area contributed by atoms with Gasteiger partial charge in [-0.15, -0.1) is 0 Å². The third-order valence-corrected chi connectivity index (χ3v) is 27.0. The van der Waals surface area contributed by atoms with Crippen LogP contribution in [-0.4, -0.2) is 141 Å². The first-order valence-electron chi connectivity index (χ1n) is 48.4. The molecule has 730 valence electrons. The quantitative estimate of drug-likeness (QED) is 0.0530. The van der Waals surface area contributed by atoms with Gasteiger partial charge in [0, 0.05) is 104 Å². The fourth-order valence-corrected chi connectivity index (χ4v) is 20.1. The van der Waals surface area contributed by atoms with Crippen LogP contribution in [0.3, 0.4) is 0 Å². The Morgan fingerprint density at radius 2 is 0.694 bits per heavy atom. The van der Waals surface area contributed by atoms with Gasteiger partial charge in [0.1, 0.15) is 62.8 Å². The molecule has 7 aromatic heterocycles. The van der Waals surface area contributed by atoms with Crippen LogP contribution in [0.15, 0.2) is 224 Å². The summed E-state index contributed by atoms with van der Waals surface area (Å²) >= 11 is 0. The number of fused-ring (bicyclic) bond motifs is 7. The fourth-order valence-electron chi connectivity index (χ4n) is 20.1. The van der Waals surface area contributed by atoms with Gasteiger partial charge in [-0.25, -0.2) is 39.7 Å². The lowest BCUT2D eigenvalue weighted by Gasteiger charge is -2.28. The predicted molar refractivity (Wildman–Crippen MR) is 539 cm³/mol. The normalized spacial score (nSPS) is 17.2. The minimum Gasteiger partial charge on any atom is -0.495 e. The molecule has 2 amide bonds. The smallest absolute Gasteiger partial charge is 0.412 e. The van der Waals surface area contributed by atoms with E-state index < -0.39 is 6.09 Å². The maximum absolute atomic E-state index is 12.0. The number of hydrogen-bond donors (Lipinski definition) is 3. The number of carbonyl (C=O) groups is 2. The van der Waals surface area contributed by atoms with E-state index in [2.05, 4.69) is 149 Å². The molecule has 0 saturated carbocycles. The highest BCUT2D eigenvalue weighted by Crippen LogP contribution is 2.41. The fraction of sp³-hybridized carbons (Fsp3) is 0.333. The van der Waals surface area contributed by atoms with Crippen LogP contribution in [0.2, 0.25) is 0 Å². The van der Waals surface area contributed by atoms with E-state index in [1.165, 1.54) is 103 Å². The van der Waals surface area contributed by atoms with E-state index in [1.54, 1.807) is 52.0 Å². The first-order chi connectivity index (χ1) is 70.6. The van der Waals surface area contributed by atoms with Crippen molar-refractivity contribution in [2.75, 3.05) is 49.6 Å². The predicted octanol–water partition coefficient (Wildman–Crippen LogP) is 17.7. The highest BCUT2D eigenvalue weighted by atomic mass is 16.6. The molecule has 0 fully saturated rings. The van der Waals surface area contributed by atoms with Gasteiger partial charge in [-0.2, -0.15) is 36.8 Å². The summed E-state index contributed by atoms with van der Waals surface area (Å²) in [4.78, 5) is 63.5. The number of methoxy groups -OCH3 is 2. The zero-order chi connectivity index (χ0) is 101. The second kappa shape index (κ2) is 49.6. The van der Waals surface area contributed by atoms with Crippen molar-refractivity contribution in [2.45, 2.75) is 190 Å². The van der Waals surface area contributed by atoms with Gasteiger partial charge in [-0.1, -0.05) is 83.1 Å². The van der Waals surface area contributed by atoms with Crippen LogP contribution >= 0.6 is 0 Å². The van der Waals surface area contributed by atoms with E-state index in [0.29, 0.717) is 75.3 Å². The molecule has 0 spiro atoms. The minimum absolute atomic E-state index is 0.108. The van der Waals surface area contributed by atoms with Crippen LogP contribution in [0.1, 0.15) is 284 Å². The van der Waals surface area contributed by atoms with Gasteiger partial charge in [0.05, 0.1) is 138 Å². The molecule has 7 aliphatic heterocycles. The summed E-state index contributed by atoms with van der Waals surface area (Å²) in [6, 6.07) is 66.8. The third-order valence-electron chi connectivity index (χ3n) is 27.0. The van der Waals surface area contributed by atoms with Crippen LogP contribution in [0.25, 0.3) is 0 Å². The maximum atomic E-state index is 12.0. The number of nitriles is 7. The van der Waals surface area contributed by atoms with Crippen molar-refractivity contribution in [3.8, 4) is 54.0 Å². The van der Waals surface area contributed by atoms with E-state index in [0.717, 1.165) is 162 Å². The highest BCUT2D eigenvalue weighted by molar-refractivity contribution is 5.91. The average Bonchev–Trinajstić information content (AvgIpc) is 1.64. The van der Waals surface area contributed by atoms with Crippen molar-refractivity contribution in [3.05, 3.63) is 361 Å². The van der Waals surface area contributed by atoms with E-state index in [4.69, 9.17) is 60.7 Å². The molecule has 33 nitrogen and oxygen atoms in total. The summed E-state index contributed by atoms with van der Waals surface area (Å²) in [6.07, 6.45) is 42.5. The monoisotopic (exact) mass is 1920 g/mol. The molecule has 7 unspecified atom stereocenters. The first kappa shape index (κ1) is 101. The van der Waals surface area contributed by atoms with Crippen molar-refractivity contribution >= 4 is 24.4 Å². The lowest BCUT2D eigenvalue weighted by molar-refractivity contribution is 0.0945. The Hall–Kier alpha value is -17.2. The van der Waals surface area contributed by atoms with E-state index in [-0.39, 0.29) is 35.8 Å². The van der Waals surface area contributed by atoms with E-state index in [9.17, 15) is 9.59 Å². The number of carbonyl (C=O) groups excluding carboxylic acids is 2. The van der Waals surface area contributed by atoms with Gasteiger partial charge in [-0.05, 0) is 266 Å². The Kier molecular flexibility index (Phi) is 34.9. The highest BCUT2D eigenvalue weighted by Gasteiger charge is 2.33. The number of nitrogens with zero attached hydrogens (tertiary/aromatic N) is 23. The lowest BCUT2D eigenvalue weighted by Crippen LogP contribution is -2.27. The molecule has 14 aromatic rings. The molecule has 7 aromatic carbocycles. The van der Waals surface area contributed by atoms with Gasteiger partial charge in [0.2, 0.25) is 0 Å². The molecule has 7 aliphatic rings. The topological polar surface area (TPSA) is 432 Å². The molecule has 0 aliphatic carbocycles. The Balaban J connectivity index is 0.000000126. The number of amides is 2.